The Balaban J connectivity index is 2.44. The van der Waals surface area contributed by atoms with Gasteiger partial charge >= 0.3 is 0 Å². The number of aromatic nitrogens is 1. The summed E-state index contributed by atoms with van der Waals surface area (Å²) in [7, 11) is -0.613. The molecule has 0 fully saturated rings. The van der Waals surface area contributed by atoms with Crippen LogP contribution in [0.25, 0.3) is 0 Å². The summed E-state index contributed by atoms with van der Waals surface area (Å²) in [6.45, 7) is 3.86. The van der Waals surface area contributed by atoms with E-state index in [1.165, 1.54) is 29.7 Å². The first kappa shape index (κ1) is 15.3. The van der Waals surface area contributed by atoms with Crippen molar-refractivity contribution in [2.75, 3.05) is 18.5 Å². The molecule has 0 radical (unpaired) electrons. The number of nitrogens with zero attached hydrogens (tertiary/aromatic N) is 2. The molecule has 2 aromatic rings. The minimum atomic E-state index is -3.64. The number of hydrogen-bond donors (Lipinski definition) is 0. The van der Waals surface area contributed by atoms with Crippen molar-refractivity contribution in [3.8, 4) is 5.88 Å². The molecule has 0 saturated carbocycles. The summed E-state index contributed by atoms with van der Waals surface area (Å²) in [6, 6.07) is 8.60. The van der Waals surface area contributed by atoms with Gasteiger partial charge in [0.2, 0.25) is 5.88 Å². The van der Waals surface area contributed by atoms with E-state index in [0.717, 1.165) is 11.1 Å². The highest BCUT2D eigenvalue weighted by atomic mass is 32.2. The van der Waals surface area contributed by atoms with Crippen LogP contribution in [0, 0.1) is 13.8 Å². The first-order valence-corrected chi connectivity index (χ1v) is 7.87. The minimum absolute atomic E-state index is 0.131. The molecule has 21 heavy (non-hydrogen) atoms. The second-order valence-electron chi connectivity index (χ2n) is 4.73. The van der Waals surface area contributed by atoms with Crippen LogP contribution in [0.1, 0.15) is 11.1 Å². The smallest absolute Gasteiger partial charge is 0.265 e. The molecule has 0 N–H and O–H groups in total. The Hall–Kier alpha value is -2.08. The van der Waals surface area contributed by atoms with Crippen molar-refractivity contribution in [1.29, 1.82) is 0 Å². The van der Waals surface area contributed by atoms with Crippen LogP contribution >= 0.6 is 0 Å². The SMILES string of the molecule is COc1ccc(S(=O)(=O)N(C)c2cccc(C)c2C)cn1. The van der Waals surface area contributed by atoms with Crippen LogP contribution < -0.4 is 9.04 Å². The summed E-state index contributed by atoms with van der Waals surface area (Å²) in [6.07, 6.45) is 1.30. The van der Waals surface area contributed by atoms with Gasteiger partial charge in [-0.15, -0.1) is 0 Å². The van der Waals surface area contributed by atoms with E-state index in [0.29, 0.717) is 11.6 Å². The zero-order valence-electron chi connectivity index (χ0n) is 12.5. The molecule has 1 aromatic heterocycles. The molecule has 0 aliphatic carbocycles. The normalized spacial score (nSPS) is 11.2. The summed E-state index contributed by atoms with van der Waals surface area (Å²) in [4.78, 5) is 4.08. The molecule has 1 heterocycles. The van der Waals surface area contributed by atoms with Crippen LogP contribution in [0.5, 0.6) is 5.88 Å². The fourth-order valence-corrected chi connectivity index (χ4v) is 3.20. The lowest BCUT2D eigenvalue weighted by atomic mass is 10.1. The Bertz CT molecular complexity index is 740. The predicted octanol–water partition coefficient (Wildman–Crippen LogP) is 2.53. The quantitative estimate of drug-likeness (QED) is 0.871. The van der Waals surface area contributed by atoms with Crippen LogP contribution in [-0.2, 0) is 10.0 Å². The molecule has 0 bridgehead atoms. The molecule has 0 spiro atoms. The number of benzene rings is 1. The summed E-state index contributed by atoms with van der Waals surface area (Å²) >= 11 is 0. The van der Waals surface area contributed by atoms with E-state index in [1.807, 2.05) is 26.0 Å². The van der Waals surface area contributed by atoms with E-state index in [2.05, 4.69) is 4.98 Å². The van der Waals surface area contributed by atoms with Crippen molar-refractivity contribution in [2.45, 2.75) is 18.7 Å². The van der Waals surface area contributed by atoms with Gasteiger partial charge in [-0.25, -0.2) is 13.4 Å². The van der Waals surface area contributed by atoms with Crippen LogP contribution in [0.2, 0.25) is 0 Å². The Kier molecular flexibility index (Phi) is 4.18. The number of sulfonamides is 1. The van der Waals surface area contributed by atoms with Crippen molar-refractivity contribution in [1.82, 2.24) is 4.98 Å². The molecule has 0 saturated heterocycles. The van der Waals surface area contributed by atoms with Gasteiger partial charge < -0.3 is 4.74 Å². The van der Waals surface area contributed by atoms with Crippen LogP contribution in [0.15, 0.2) is 41.4 Å². The lowest BCUT2D eigenvalue weighted by Gasteiger charge is -2.22. The molecule has 2 rings (SSSR count). The van der Waals surface area contributed by atoms with Gasteiger partial charge in [0, 0.05) is 13.1 Å². The average molecular weight is 306 g/mol. The lowest BCUT2D eigenvalue weighted by molar-refractivity contribution is 0.397. The molecule has 1 aromatic carbocycles. The van der Waals surface area contributed by atoms with Crippen molar-refractivity contribution >= 4 is 15.7 Å². The zero-order chi connectivity index (χ0) is 15.6. The van der Waals surface area contributed by atoms with Crippen LogP contribution in [0.4, 0.5) is 5.69 Å². The fraction of sp³-hybridized carbons (Fsp3) is 0.267. The van der Waals surface area contributed by atoms with E-state index in [4.69, 9.17) is 4.74 Å². The average Bonchev–Trinajstić information content (AvgIpc) is 2.49. The maximum Gasteiger partial charge on any atom is 0.265 e. The van der Waals surface area contributed by atoms with Gasteiger partial charge in [-0.2, -0.15) is 0 Å². The molecule has 0 atom stereocenters. The number of ether oxygens (including phenoxy) is 1. The number of anilines is 1. The van der Waals surface area contributed by atoms with E-state index in [1.54, 1.807) is 13.1 Å². The van der Waals surface area contributed by atoms with E-state index < -0.39 is 10.0 Å². The highest BCUT2D eigenvalue weighted by molar-refractivity contribution is 7.92. The summed E-state index contributed by atoms with van der Waals surface area (Å²) in [5.41, 5.74) is 2.64. The zero-order valence-corrected chi connectivity index (χ0v) is 13.3. The van der Waals surface area contributed by atoms with Crippen molar-refractivity contribution in [3.63, 3.8) is 0 Å². The molecule has 0 amide bonds. The number of hydrogen-bond acceptors (Lipinski definition) is 4. The second-order valence-corrected chi connectivity index (χ2v) is 6.70. The van der Waals surface area contributed by atoms with Gasteiger partial charge in [0.25, 0.3) is 10.0 Å². The van der Waals surface area contributed by atoms with Crippen molar-refractivity contribution < 1.29 is 13.2 Å². The van der Waals surface area contributed by atoms with Gasteiger partial charge in [-0.05, 0) is 37.1 Å². The minimum Gasteiger partial charge on any atom is -0.481 e. The second kappa shape index (κ2) is 5.73. The van der Waals surface area contributed by atoms with Crippen molar-refractivity contribution in [2.24, 2.45) is 0 Å². The molecule has 6 heteroatoms. The first-order chi connectivity index (χ1) is 9.87. The summed E-state index contributed by atoms with van der Waals surface area (Å²) < 4.78 is 31.5. The molecule has 112 valence electrons. The van der Waals surface area contributed by atoms with Gasteiger partial charge in [0.15, 0.2) is 0 Å². The lowest BCUT2D eigenvalue weighted by Crippen LogP contribution is -2.27. The molecule has 5 nitrogen and oxygen atoms in total. The summed E-state index contributed by atoms with van der Waals surface area (Å²) in [5, 5.41) is 0. The highest BCUT2D eigenvalue weighted by Gasteiger charge is 2.23. The Morgan fingerprint density at radius 3 is 2.43 bits per heavy atom. The van der Waals surface area contributed by atoms with Gasteiger partial charge in [-0.3, -0.25) is 4.31 Å². The maximum absolute atomic E-state index is 12.6. The number of pyridine rings is 1. The molecular formula is C15H18N2O3S. The molecular weight excluding hydrogens is 288 g/mol. The number of aryl methyl sites for hydroxylation is 1. The van der Waals surface area contributed by atoms with Crippen LogP contribution in [0.3, 0.4) is 0 Å². The van der Waals surface area contributed by atoms with Crippen LogP contribution in [-0.4, -0.2) is 27.6 Å². The third kappa shape index (κ3) is 2.85. The van der Waals surface area contributed by atoms with E-state index in [-0.39, 0.29) is 4.90 Å². The Morgan fingerprint density at radius 2 is 1.86 bits per heavy atom. The largest absolute Gasteiger partial charge is 0.481 e. The van der Waals surface area contributed by atoms with Gasteiger partial charge in [0.05, 0.1) is 19.0 Å². The number of rotatable bonds is 4. The van der Waals surface area contributed by atoms with Gasteiger partial charge in [-0.1, -0.05) is 12.1 Å². The summed E-state index contributed by atoms with van der Waals surface area (Å²) in [5.74, 6) is 0.378. The first-order valence-electron chi connectivity index (χ1n) is 6.43. The van der Waals surface area contributed by atoms with E-state index >= 15 is 0 Å². The molecule has 0 aliphatic heterocycles. The maximum atomic E-state index is 12.6. The predicted molar refractivity (Wildman–Crippen MR) is 82.3 cm³/mol. The Labute approximate surface area is 125 Å². The Morgan fingerprint density at radius 1 is 1.14 bits per heavy atom. The third-order valence-electron chi connectivity index (χ3n) is 3.49. The topological polar surface area (TPSA) is 59.5 Å². The van der Waals surface area contributed by atoms with Crippen molar-refractivity contribution in [3.05, 3.63) is 47.7 Å². The fourth-order valence-electron chi connectivity index (χ4n) is 2.00. The van der Waals surface area contributed by atoms with Gasteiger partial charge in [0.1, 0.15) is 4.90 Å². The van der Waals surface area contributed by atoms with E-state index in [9.17, 15) is 8.42 Å². The number of methoxy groups -OCH3 is 1. The monoisotopic (exact) mass is 306 g/mol. The standard InChI is InChI=1S/C15H18N2O3S/c1-11-6-5-7-14(12(11)2)17(3)21(18,19)13-8-9-15(20-4)16-10-13/h5-10H,1-4H3. The highest BCUT2D eigenvalue weighted by Crippen LogP contribution is 2.27. The third-order valence-corrected chi connectivity index (χ3v) is 5.25. The molecule has 0 unspecified atom stereocenters. The molecule has 0 aliphatic rings.